The van der Waals surface area contributed by atoms with Gasteiger partial charge in [0.15, 0.2) is 0 Å². The number of nitrogens with two attached hydrogens (primary N) is 1. The zero-order valence-corrected chi connectivity index (χ0v) is 20.4. The molecule has 0 saturated heterocycles. The van der Waals surface area contributed by atoms with Gasteiger partial charge in [0.2, 0.25) is 9.84 Å². The second-order valence-corrected chi connectivity index (χ2v) is 11.8. The van der Waals surface area contributed by atoms with Crippen LogP contribution >= 0.6 is 11.3 Å². The van der Waals surface area contributed by atoms with Gasteiger partial charge in [-0.25, -0.2) is 8.42 Å². The predicted octanol–water partition coefficient (Wildman–Crippen LogP) is 5.06. The zero-order chi connectivity index (χ0) is 23.1. The molecule has 0 fully saturated rings. The first kappa shape index (κ1) is 22.6. The lowest BCUT2D eigenvalue weighted by Crippen LogP contribution is -2.11. The van der Waals surface area contributed by atoms with Crippen LogP contribution in [0.2, 0.25) is 0 Å². The van der Waals surface area contributed by atoms with Crippen LogP contribution in [-0.2, 0) is 21.7 Å². The van der Waals surface area contributed by atoms with Gasteiger partial charge in [0, 0.05) is 10.9 Å². The van der Waals surface area contributed by atoms with Gasteiger partial charge >= 0.3 is 0 Å². The van der Waals surface area contributed by atoms with Gasteiger partial charge in [-0.3, -0.25) is 0 Å². The van der Waals surface area contributed by atoms with E-state index >= 15 is 0 Å². The summed E-state index contributed by atoms with van der Waals surface area (Å²) in [6.07, 6.45) is 0.528. The van der Waals surface area contributed by atoms with Crippen molar-refractivity contribution < 1.29 is 13.3 Å². The third-order valence-corrected chi connectivity index (χ3v) is 8.86. The molecule has 4 rings (SSSR count). The van der Waals surface area contributed by atoms with E-state index in [4.69, 9.17) is 10.6 Å². The van der Waals surface area contributed by atoms with E-state index in [1.165, 1.54) is 16.9 Å². The van der Waals surface area contributed by atoms with Gasteiger partial charge in [-0.1, -0.05) is 57.2 Å². The van der Waals surface area contributed by atoms with Crippen molar-refractivity contribution in [1.29, 1.82) is 0 Å². The van der Waals surface area contributed by atoms with Gasteiger partial charge in [0.25, 0.3) is 0 Å². The molecule has 2 heterocycles. The van der Waals surface area contributed by atoms with Gasteiger partial charge < -0.3 is 10.6 Å². The molecule has 5 nitrogen and oxygen atoms in total. The van der Waals surface area contributed by atoms with Crippen molar-refractivity contribution in [3.8, 4) is 11.3 Å². The van der Waals surface area contributed by atoms with Crippen LogP contribution in [0.25, 0.3) is 22.2 Å². The van der Waals surface area contributed by atoms with E-state index in [1.807, 2.05) is 6.07 Å². The molecule has 2 aromatic carbocycles. The van der Waals surface area contributed by atoms with Crippen molar-refractivity contribution in [3.05, 3.63) is 71.1 Å². The van der Waals surface area contributed by atoms with Crippen LogP contribution in [0, 0.1) is 0 Å². The van der Waals surface area contributed by atoms with E-state index in [0.717, 1.165) is 16.8 Å². The second kappa shape index (κ2) is 8.39. The van der Waals surface area contributed by atoms with E-state index < -0.39 is 9.84 Å². The summed E-state index contributed by atoms with van der Waals surface area (Å²) in [4.78, 5) is 6.06. The maximum atomic E-state index is 13.5. The molecule has 0 bridgehead atoms. The monoisotopic (exact) mass is 468 g/mol. The van der Waals surface area contributed by atoms with Crippen LogP contribution in [0.5, 0.6) is 0 Å². The number of rotatable bonds is 6. The molecule has 0 radical (unpaired) electrons. The molecule has 32 heavy (non-hydrogen) atoms. The van der Waals surface area contributed by atoms with Gasteiger partial charge in [0.1, 0.15) is 11.3 Å². The van der Waals surface area contributed by atoms with Crippen molar-refractivity contribution >= 4 is 32.1 Å². The summed E-state index contributed by atoms with van der Waals surface area (Å²) in [5.41, 5.74) is 10.6. The lowest BCUT2D eigenvalue weighted by atomic mass is 9.86. The largest absolute Gasteiger partial charge is 0.416 e. The summed E-state index contributed by atoms with van der Waals surface area (Å²) in [5, 5.41) is 2.44. The number of hydrogen-bond donors (Lipinski definition) is 1. The summed E-state index contributed by atoms with van der Waals surface area (Å²) in [6.45, 7) is 6.92. The lowest BCUT2D eigenvalue weighted by Gasteiger charge is -2.19. The quantitative estimate of drug-likeness (QED) is 0.429. The highest BCUT2D eigenvalue weighted by Crippen LogP contribution is 2.39. The summed E-state index contributed by atoms with van der Waals surface area (Å²) in [7, 11) is -2.08. The molecule has 0 saturated carbocycles. The Hall–Kier alpha value is -2.61. The van der Waals surface area contributed by atoms with Gasteiger partial charge in [-0.15, -0.1) is 11.3 Å². The number of fused-ring (bicyclic) bond motifs is 1. The summed E-state index contributed by atoms with van der Waals surface area (Å²) < 4.78 is 29.0. The smallest absolute Gasteiger partial charge is 0.216 e. The van der Waals surface area contributed by atoms with Crippen LogP contribution in [0.15, 0.2) is 69.1 Å². The minimum atomic E-state index is -3.67. The minimum absolute atomic E-state index is 0.0362. The molecule has 0 unspecified atom stereocenters. The summed E-state index contributed by atoms with van der Waals surface area (Å²) in [6, 6.07) is 17.1. The van der Waals surface area contributed by atoms with Crippen molar-refractivity contribution in [2.24, 2.45) is 5.73 Å². The van der Waals surface area contributed by atoms with Crippen molar-refractivity contribution in [2.75, 3.05) is 13.7 Å². The van der Waals surface area contributed by atoms with Crippen molar-refractivity contribution in [3.63, 3.8) is 0 Å². The fourth-order valence-corrected chi connectivity index (χ4v) is 6.72. The van der Waals surface area contributed by atoms with Gasteiger partial charge in [-0.05, 0) is 53.1 Å². The predicted molar refractivity (Wildman–Crippen MR) is 131 cm³/mol. The average Bonchev–Trinajstić information content (AvgIpc) is 3.40. The minimum Gasteiger partial charge on any atom is -0.416 e. The molecule has 7 heteroatoms. The Labute approximate surface area is 193 Å². The van der Waals surface area contributed by atoms with E-state index in [0.29, 0.717) is 28.1 Å². The van der Waals surface area contributed by atoms with Gasteiger partial charge in [0.05, 0.1) is 16.1 Å². The molecule has 168 valence electrons. The maximum absolute atomic E-state index is 13.5. The number of thiophene rings is 1. The van der Waals surface area contributed by atoms with E-state index in [9.17, 15) is 8.42 Å². The number of aromatic nitrogens is 1. The van der Waals surface area contributed by atoms with Crippen LogP contribution < -0.4 is 10.6 Å². The van der Waals surface area contributed by atoms with E-state index in [2.05, 4.69) is 45.0 Å². The van der Waals surface area contributed by atoms with Gasteiger partial charge in [-0.2, -0.15) is 4.73 Å². The van der Waals surface area contributed by atoms with Crippen molar-refractivity contribution in [2.45, 2.75) is 41.7 Å². The molecule has 4 aromatic rings. The average molecular weight is 469 g/mol. The molecular weight excluding hydrogens is 440 g/mol. The first-order valence-corrected chi connectivity index (χ1v) is 12.9. The van der Waals surface area contributed by atoms with E-state index in [-0.39, 0.29) is 10.3 Å². The van der Waals surface area contributed by atoms with E-state index in [1.54, 1.807) is 41.5 Å². The third-order valence-electron chi connectivity index (χ3n) is 5.66. The molecule has 2 aromatic heterocycles. The molecule has 0 aliphatic carbocycles. The molecule has 0 amide bonds. The summed E-state index contributed by atoms with van der Waals surface area (Å²) >= 11 is 1.22. The number of nitrogens with zero attached hydrogens (tertiary/aromatic N) is 1. The molecule has 0 aliphatic heterocycles. The summed E-state index contributed by atoms with van der Waals surface area (Å²) in [5.74, 6) is 0. The highest BCUT2D eigenvalue weighted by molar-refractivity contribution is 7.93. The SMILES string of the molecule is COn1c(-c2ccc(C(C)(C)C)cc2)c(CCN)c2c(S(=O)(=O)c3cccs3)cccc21. The Kier molecular flexibility index (Phi) is 5.92. The fourth-order valence-electron chi connectivity index (χ4n) is 4.10. The number of sulfone groups is 1. The zero-order valence-electron chi connectivity index (χ0n) is 18.8. The molecule has 0 atom stereocenters. The highest BCUT2D eigenvalue weighted by Gasteiger charge is 2.28. The van der Waals surface area contributed by atoms with Crippen LogP contribution in [0.4, 0.5) is 0 Å². The molecule has 0 spiro atoms. The number of benzene rings is 2. The third kappa shape index (κ3) is 3.74. The maximum Gasteiger partial charge on any atom is 0.216 e. The molecule has 0 aliphatic rings. The topological polar surface area (TPSA) is 74.3 Å². The first-order valence-electron chi connectivity index (χ1n) is 10.5. The van der Waals surface area contributed by atoms with Crippen molar-refractivity contribution in [1.82, 2.24) is 4.73 Å². The van der Waals surface area contributed by atoms with Crippen LogP contribution in [-0.4, -0.2) is 26.8 Å². The Morgan fingerprint density at radius 3 is 2.31 bits per heavy atom. The Balaban J connectivity index is 2.04. The standard InChI is InChI=1S/C25H28N2O3S2/c1-25(2,3)18-12-10-17(11-13-18)24-19(14-15-26)23-20(27(24)30-4)7-5-8-21(23)32(28,29)22-9-6-16-31-22/h5-13,16H,14-15,26H2,1-4H3. The Morgan fingerprint density at radius 1 is 1.03 bits per heavy atom. The molecule has 2 N–H and O–H groups in total. The number of hydrogen-bond acceptors (Lipinski definition) is 5. The van der Waals surface area contributed by atoms with Crippen LogP contribution in [0.1, 0.15) is 31.9 Å². The molecular formula is C25H28N2O3S2. The fraction of sp³-hybridized carbons (Fsp3) is 0.280. The Bertz CT molecular complexity index is 1350. The second-order valence-electron chi connectivity index (χ2n) is 8.76. The van der Waals surface area contributed by atoms with Crippen LogP contribution in [0.3, 0.4) is 0 Å². The first-order chi connectivity index (χ1) is 15.2. The lowest BCUT2D eigenvalue weighted by molar-refractivity contribution is 0.183. The Morgan fingerprint density at radius 2 is 1.75 bits per heavy atom. The highest BCUT2D eigenvalue weighted by atomic mass is 32.2. The normalized spacial score (nSPS) is 12.4.